The summed E-state index contributed by atoms with van der Waals surface area (Å²) in [6.45, 7) is 3.24. The lowest BCUT2D eigenvalue weighted by molar-refractivity contribution is -0.0445. The number of hydrogen-bond acceptors (Lipinski definition) is 3. The highest BCUT2D eigenvalue weighted by Gasteiger charge is 2.39. The smallest absolute Gasteiger partial charge is 0.257 e. The minimum absolute atomic E-state index is 0.0939. The molecule has 92 valence electrons. The topological polar surface area (TPSA) is 58.2 Å². The van der Waals surface area contributed by atoms with Crippen LogP contribution in [0.1, 0.15) is 35.3 Å². The van der Waals surface area contributed by atoms with E-state index in [1.165, 1.54) is 0 Å². The van der Waals surface area contributed by atoms with E-state index >= 15 is 0 Å². The Hall–Kier alpha value is -1.36. The van der Waals surface area contributed by atoms with Crippen LogP contribution in [-0.4, -0.2) is 46.3 Å². The highest BCUT2D eigenvalue weighted by atomic mass is 16.5. The predicted molar refractivity (Wildman–Crippen MR) is 61.7 cm³/mol. The van der Waals surface area contributed by atoms with Crippen molar-refractivity contribution in [1.29, 1.82) is 0 Å². The molecule has 3 rings (SSSR count). The summed E-state index contributed by atoms with van der Waals surface area (Å²) in [7, 11) is 0. The lowest BCUT2D eigenvalue weighted by Gasteiger charge is -2.37. The number of aromatic nitrogens is 2. The lowest BCUT2D eigenvalue weighted by atomic mass is 10.1. The number of H-pyrrole nitrogens is 1. The maximum absolute atomic E-state index is 12.4. The van der Waals surface area contributed by atoms with Crippen molar-refractivity contribution in [3.8, 4) is 0 Å². The molecule has 2 atom stereocenters. The molecular weight excluding hydrogens is 218 g/mol. The van der Waals surface area contributed by atoms with Crippen LogP contribution >= 0.6 is 0 Å². The molecule has 1 aromatic rings. The largest absolute Gasteiger partial charge is 0.374 e. The summed E-state index contributed by atoms with van der Waals surface area (Å²) in [6, 6.07) is 0.269. The van der Waals surface area contributed by atoms with E-state index in [1.807, 2.05) is 11.8 Å². The quantitative estimate of drug-likeness (QED) is 0.793. The van der Waals surface area contributed by atoms with Crippen molar-refractivity contribution in [2.45, 2.75) is 38.3 Å². The number of hydrogen-bond donors (Lipinski definition) is 1. The molecule has 5 heteroatoms. The molecule has 1 aliphatic carbocycles. The SMILES string of the molecule is Cc1[nH]ncc1C(=O)N1CCOC2CCCC21. The molecule has 0 radical (unpaired) electrons. The van der Waals surface area contributed by atoms with Gasteiger partial charge in [0.05, 0.1) is 30.5 Å². The number of amides is 1. The molecule has 1 aliphatic heterocycles. The first-order valence-electron chi connectivity index (χ1n) is 6.20. The number of aryl methyl sites for hydroxylation is 1. The summed E-state index contributed by atoms with van der Waals surface area (Å²) in [6.07, 6.45) is 5.17. The van der Waals surface area contributed by atoms with Crippen molar-refractivity contribution < 1.29 is 9.53 Å². The summed E-state index contributed by atoms with van der Waals surface area (Å²) in [5.74, 6) is 0.0939. The molecule has 5 nitrogen and oxygen atoms in total. The van der Waals surface area contributed by atoms with Gasteiger partial charge >= 0.3 is 0 Å². The Bertz CT molecular complexity index is 429. The molecule has 2 heterocycles. The zero-order valence-corrected chi connectivity index (χ0v) is 9.98. The van der Waals surface area contributed by atoms with Crippen molar-refractivity contribution in [3.63, 3.8) is 0 Å². The van der Waals surface area contributed by atoms with Crippen molar-refractivity contribution in [2.75, 3.05) is 13.2 Å². The molecule has 2 unspecified atom stereocenters. The third-order valence-electron chi connectivity index (χ3n) is 3.80. The highest BCUT2D eigenvalue weighted by molar-refractivity contribution is 5.95. The molecule has 2 fully saturated rings. The summed E-state index contributed by atoms with van der Waals surface area (Å²) in [4.78, 5) is 14.4. The van der Waals surface area contributed by atoms with Gasteiger partial charge in [0.1, 0.15) is 0 Å². The maximum atomic E-state index is 12.4. The molecule has 2 aliphatic rings. The van der Waals surface area contributed by atoms with E-state index in [2.05, 4.69) is 10.2 Å². The Morgan fingerprint density at radius 1 is 1.59 bits per heavy atom. The second kappa shape index (κ2) is 4.14. The average molecular weight is 235 g/mol. The highest BCUT2D eigenvalue weighted by Crippen LogP contribution is 2.30. The Balaban J connectivity index is 1.83. The van der Waals surface area contributed by atoms with Crippen LogP contribution in [0, 0.1) is 6.92 Å². The van der Waals surface area contributed by atoms with E-state index < -0.39 is 0 Å². The Morgan fingerprint density at radius 2 is 2.47 bits per heavy atom. The van der Waals surface area contributed by atoms with Crippen LogP contribution in [0.15, 0.2) is 6.20 Å². The molecule has 1 N–H and O–H groups in total. The van der Waals surface area contributed by atoms with Gasteiger partial charge in [-0.15, -0.1) is 0 Å². The normalized spacial score (nSPS) is 28.2. The Labute approximate surface area is 100 Å². The number of nitrogens with zero attached hydrogens (tertiary/aromatic N) is 2. The van der Waals surface area contributed by atoms with Crippen LogP contribution in [0.2, 0.25) is 0 Å². The first-order valence-corrected chi connectivity index (χ1v) is 6.20. The summed E-state index contributed by atoms with van der Waals surface area (Å²) >= 11 is 0. The molecule has 1 aromatic heterocycles. The number of morpholine rings is 1. The fourth-order valence-electron chi connectivity index (χ4n) is 2.90. The molecule has 1 saturated heterocycles. The fraction of sp³-hybridized carbons (Fsp3) is 0.667. The van der Waals surface area contributed by atoms with Crippen molar-refractivity contribution >= 4 is 5.91 Å². The van der Waals surface area contributed by atoms with Gasteiger partial charge in [0.25, 0.3) is 5.91 Å². The Kier molecular flexibility index (Phi) is 2.63. The molecule has 1 amide bonds. The first kappa shape index (κ1) is 10.8. The number of carbonyl (C=O) groups is 1. The second-order valence-electron chi connectivity index (χ2n) is 4.81. The third-order valence-corrected chi connectivity index (χ3v) is 3.80. The number of carbonyl (C=O) groups excluding carboxylic acids is 1. The van der Waals surface area contributed by atoms with E-state index in [-0.39, 0.29) is 18.1 Å². The minimum atomic E-state index is 0.0939. The summed E-state index contributed by atoms with van der Waals surface area (Å²) in [5, 5.41) is 6.74. The summed E-state index contributed by atoms with van der Waals surface area (Å²) < 4.78 is 5.71. The van der Waals surface area contributed by atoms with Gasteiger partial charge in [-0.05, 0) is 26.2 Å². The van der Waals surface area contributed by atoms with E-state index in [4.69, 9.17) is 4.74 Å². The van der Waals surface area contributed by atoms with Crippen molar-refractivity contribution in [3.05, 3.63) is 17.5 Å². The van der Waals surface area contributed by atoms with Crippen LogP contribution in [0.5, 0.6) is 0 Å². The first-order chi connectivity index (χ1) is 8.27. The van der Waals surface area contributed by atoms with Crippen LogP contribution in [0.3, 0.4) is 0 Å². The third kappa shape index (κ3) is 1.74. The number of rotatable bonds is 1. The van der Waals surface area contributed by atoms with E-state index in [0.29, 0.717) is 18.7 Å². The zero-order chi connectivity index (χ0) is 11.8. The zero-order valence-electron chi connectivity index (χ0n) is 9.98. The molecule has 17 heavy (non-hydrogen) atoms. The van der Waals surface area contributed by atoms with Gasteiger partial charge in [-0.25, -0.2) is 0 Å². The molecule has 1 saturated carbocycles. The van der Waals surface area contributed by atoms with Gasteiger partial charge in [0.2, 0.25) is 0 Å². The van der Waals surface area contributed by atoms with E-state index in [1.54, 1.807) is 6.20 Å². The van der Waals surface area contributed by atoms with Gasteiger partial charge in [-0.1, -0.05) is 0 Å². The van der Waals surface area contributed by atoms with Crippen LogP contribution in [0.25, 0.3) is 0 Å². The summed E-state index contributed by atoms with van der Waals surface area (Å²) in [5.41, 5.74) is 1.54. The number of nitrogens with one attached hydrogen (secondary N) is 1. The second-order valence-corrected chi connectivity index (χ2v) is 4.81. The number of fused-ring (bicyclic) bond motifs is 1. The van der Waals surface area contributed by atoms with Crippen molar-refractivity contribution in [2.24, 2.45) is 0 Å². The van der Waals surface area contributed by atoms with Gasteiger partial charge in [-0.2, -0.15) is 5.10 Å². The standard InChI is InChI=1S/C12H17N3O2/c1-8-9(7-13-14-8)12(16)15-5-6-17-11-4-2-3-10(11)15/h7,10-11H,2-6H2,1H3,(H,13,14). The monoisotopic (exact) mass is 235 g/mol. The number of ether oxygens (including phenoxy) is 1. The molecule has 0 bridgehead atoms. The van der Waals surface area contributed by atoms with Gasteiger partial charge in [0.15, 0.2) is 0 Å². The number of aromatic amines is 1. The average Bonchev–Trinajstić information content (AvgIpc) is 2.95. The molecule has 0 aromatic carbocycles. The fourth-order valence-corrected chi connectivity index (χ4v) is 2.90. The van der Waals surface area contributed by atoms with Crippen LogP contribution in [-0.2, 0) is 4.74 Å². The molecular formula is C12H17N3O2. The van der Waals surface area contributed by atoms with Gasteiger partial charge in [-0.3, -0.25) is 9.89 Å². The predicted octanol–water partition coefficient (Wildman–Crippen LogP) is 1.11. The van der Waals surface area contributed by atoms with Crippen molar-refractivity contribution in [1.82, 2.24) is 15.1 Å². The van der Waals surface area contributed by atoms with E-state index in [9.17, 15) is 4.79 Å². The maximum Gasteiger partial charge on any atom is 0.257 e. The van der Waals surface area contributed by atoms with E-state index in [0.717, 1.165) is 25.0 Å². The van der Waals surface area contributed by atoms with Crippen LogP contribution < -0.4 is 0 Å². The molecule has 0 spiro atoms. The lowest BCUT2D eigenvalue weighted by Crippen LogP contribution is -2.51. The van der Waals surface area contributed by atoms with Gasteiger partial charge in [0, 0.05) is 12.2 Å². The Morgan fingerprint density at radius 3 is 3.24 bits per heavy atom. The minimum Gasteiger partial charge on any atom is -0.374 e. The van der Waals surface area contributed by atoms with Gasteiger partial charge < -0.3 is 9.64 Å². The van der Waals surface area contributed by atoms with Crippen LogP contribution in [0.4, 0.5) is 0 Å².